The first-order valence-corrected chi connectivity index (χ1v) is 13.9. The van der Waals surface area contributed by atoms with Crippen LogP contribution in [0.2, 0.25) is 10.0 Å². The molecule has 9 heteroatoms. The number of anilines is 1. The quantitative estimate of drug-likeness (QED) is 0.178. The van der Waals surface area contributed by atoms with Crippen molar-refractivity contribution in [2.75, 3.05) is 25.7 Å². The Balaban J connectivity index is 1.64. The molecule has 1 aliphatic heterocycles. The van der Waals surface area contributed by atoms with Crippen molar-refractivity contribution in [3.8, 4) is 17.2 Å². The van der Waals surface area contributed by atoms with Crippen LogP contribution in [0.4, 0.5) is 5.69 Å². The number of methoxy groups -OCH3 is 2. The fourth-order valence-corrected chi connectivity index (χ4v) is 5.44. The van der Waals surface area contributed by atoms with Crippen LogP contribution in [0.25, 0.3) is 11.0 Å². The Morgan fingerprint density at radius 1 is 0.875 bits per heavy atom. The molecule has 7 nitrogen and oxygen atoms in total. The number of hydrogen-bond acceptors (Lipinski definition) is 6. The van der Waals surface area contributed by atoms with Gasteiger partial charge in [0.2, 0.25) is 5.76 Å². The van der Waals surface area contributed by atoms with Crippen LogP contribution in [0.5, 0.6) is 17.2 Å². The molecular weight excluding hydrogens is 553 g/mol. The standard InChI is InChI=1S/C31H29Cl2NO6/c1-4-5-6-7-14-39-25-11-8-18(15-26(25)38-3)28-27-29(35)21-16-19(32)9-12-23(21)40-30(27)31(36)34(28)20-10-13-24(37-2)22(33)17-20/h8-13,15-17,28H,4-7,14H2,1-3H3. The first-order chi connectivity index (χ1) is 19.4. The van der Waals surface area contributed by atoms with E-state index in [-0.39, 0.29) is 27.7 Å². The number of rotatable bonds is 10. The smallest absolute Gasteiger partial charge is 0.295 e. The Bertz CT molecular complexity index is 1630. The van der Waals surface area contributed by atoms with Crippen molar-refractivity contribution in [2.24, 2.45) is 0 Å². The van der Waals surface area contributed by atoms with Crippen LogP contribution in [0.15, 0.2) is 63.8 Å². The van der Waals surface area contributed by atoms with Crippen molar-refractivity contribution in [2.45, 2.75) is 38.6 Å². The number of nitrogens with zero attached hydrogens (tertiary/aromatic N) is 1. The van der Waals surface area contributed by atoms with Gasteiger partial charge in [0.15, 0.2) is 16.9 Å². The molecule has 208 valence electrons. The predicted molar refractivity (Wildman–Crippen MR) is 157 cm³/mol. The lowest BCUT2D eigenvalue weighted by atomic mass is 9.97. The second-order valence-electron chi connectivity index (χ2n) is 9.53. The van der Waals surface area contributed by atoms with Gasteiger partial charge in [0, 0.05) is 10.7 Å². The van der Waals surface area contributed by atoms with Gasteiger partial charge in [0.1, 0.15) is 11.3 Å². The van der Waals surface area contributed by atoms with Crippen LogP contribution in [-0.4, -0.2) is 26.7 Å². The molecular formula is C31H29Cl2NO6. The monoisotopic (exact) mass is 581 g/mol. The molecule has 0 N–H and O–H groups in total. The van der Waals surface area contributed by atoms with Crippen molar-refractivity contribution >= 4 is 45.8 Å². The number of fused-ring (bicyclic) bond motifs is 2. The second-order valence-corrected chi connectivity index (χ2v) is 10.4. The van der Waals surface area contributed by atoms with Gasteiger partial charge in [0.25, 0.3) is 5.91 Å². The molecule has 0 bridgehead atoms. The number of carbonyl (C=O) groups is 1. The summed E-state index contributed by atoms with van der Waals surface area (Å²) >= 11 is 12.6. The third kappa shape index (κ3) is 5.11. The Labute approximate surface area is 242 Å². The number of unbranched alkanes of at least 4 members (excludes halogenated alkanes) is 3. The number of amides is 1. The molecule has 0 radical (unpaired) electrons. The predicted octanol–water partition coefficient (Wildman–Crippen LogP) is 7.83. The first kappa shape index (κ1) is 27.9. The van der Waals surface area contributed by atoms with Crippen molar-refractivity contribution < 1.29 is 23.4 Å². The average Bonchev–Trinajstić information content (AvgIpc) is 3.25. The summed E-state index contributed by atoms with van der Waals surface area (Å²) < 4.78 is 23.0. The summed E-state index contributed by atoms with van der Waals surface area (Å²) in [6.07, 6.45) is 4.32. The van der Waals surface area contributed by atoms with Gasteiger partial charge < -0.3 is 18.6 Å². The van der Waals surface area contributed by atoms with E-state index in [0.29, 0.717) is 45.2 Å². The van der Waals surface area contributed by atoms with E-state index in [0.717, 1.165) is 25.7 Å². The average molecular weight is 582 g/mol. The summed E-state index contributed by atoms with van der Waals surface area (Å²) in [5.41, 5.74) is 1.27. The summed E-state index contributed by atoms with van der Waals surface area (Å²) in [4.78, 5) is 29.3. The van der Waals surface area contributed by atoms with E-state index in [4.69, 9.17) is 41.8 Å². The molecule has 1 aromatic heterocycles. The maximum Gasteiger partial charge on any atom is 0.295 e. The Kier molecular flexibility index (Phi) is 8.24. The maximum atomic E-state index is 13.9. The Hall–Kier alpha value is -3.68. The summed E-state index contributed by atoms with van der Waals surface area (Å²) in [5, 5.41) is 1.00. The van der Waals surface area contributed by atoms with Crippen molar-refractivity contribution in [3.63, 3.8) is 0 Å². The van der Waals surface area contributed by atoms with E-state index in [9.17, 15) is 9.59 Å². The third-order valence-corrected chi connectivity index (χ3v) is 7.54. The molecule has 1 amide bonds. The highest BCUT2D eigenvalue weighted by Crippen LogP contribution is 2.44. The highest BCUT2D eigenvalue weighted by molar-refractivity contribution is 6.32. The van der Waals surface area contributed by atoms with Gasteiger partial charge in [-0.25, -0.2) is 0 Å². The highest BCUT2D eigenvalue weighted by atomic mass is 35.5. The van der Waals surface area contributed by atoms with Crippen LogP contribution >= 0.6 is 23.2 Å². The molecule has 0 aliphatic carbocycles. The zero-order chi connectivity index (χ0) is 28.4. The molecule has 0 fully saturated rings. The maximum absolute atomic E-state index is 13.9. The summed E-state index contributed by atoms with van der Waals surface area (Å²) in [7, 11) is 3.07. The van der Waals surface area contributed by atoms with E-state index in [1.54, 1.807) is 55.6 Å². The Morgan fingerprint density at radius 3 is 2.38 bits per heavy atom. The number of ether oxygens (including phenoxy) is 3. The molecule has 2 heterocycles. The van der Waals surface area contributed by atoms with E-state index >= 15 is 0 Å². The number of benzene rings is 3. The lowest BCUT2D eigenvalue weighted by Crippen LogP contribution is -2.29. The summed E-state index contributed by atoms with van der Waals surface area (Å²) in [5.74, 6) is 1.04. The van der Waals surface area contributed by atoms with Crippen molar-refractivity contribution in [3.05, 3.63) is 91.8 Å². The fraction of sp³-hybridized carbons (Fsp3) is 0.290. The first-order valence-electron chi connectivity index (χ1n) is 13.1. The van der Waals surface area contributed by atoms with E-state index in [1.807, 2.05) is 6.07 Å². The Morgan fingerprint density at radius 2 is 1.65 bits per heavy atom. The van der Waals surface area contributed by atoms with Crippen LogP contribution in [0.3, 0.4) is 0 Å². The number of halogens is 2. The van der Waals surface area contributed by atoms with E-state index < -0.39 is 11.9 Å². The topological polar surface area (TPSA) is 78.2 Å². The highest BCUT2D eigenvalue weighted by Gasteiger charge is 2.44. The zero-order valence-corrected chi connectivity index (χ0v) is 24.0. The summed E-state index contributed by atoms with van der Waals surface area (Å²) in [6, 6.07) is 14.4. The SMILES string of the molecule is CCCCCCOc1ccc(C2c3c(oc4ccc(Cl)cc4c3=O)C(=O)N2c2ccc(OC)c(Cl)c2)cc1OC. The van der Waals surface area contributed by atoms with E-state index in [2.05, 4.69) is 6.92 Å². The lowest BCUT2D eigenvalue weighted by molar-refractivity contribution is 0.0971. The zero-order valence-electron chi connectivity index (χ0n) is 22.5. The fourth-order valence-electron chi connectivity index (χ4n) is 5.02. The van der Waals surface area contributed by atoms with Crippen molar-refractivity contribution in [1.82, 2.24) is 0 Å². The van der Waals surface area contributed by atoms with Crippen LogP contribution in [0, 0.1) is 0 Å². The molecule has 1 unspecified atom stereocenters. The van der Waals surface area contributed by atoms with Gasteiger partial charge >= 0.3 is 0 Å². The second kappa shape index (κ2) is 11.8. The minimum atomic E-state index is -0.820. The van der Waals surface area contributed by atoms with E-state index in [1.165, 1.54) is 12.0 Å². The normalized spacial score (nSPS) is 14.5. The molecule has 1 atom stereocenters. The van der Waals surface area contributed by atoms with Crippen LogP contribution in [-0.2, 0) is 0 Å². The molecule has 0 saturated carbocycles. The molecule has 0 spiro atoms. The molecule has 4 aromatic rings. The number of hydrogen-bond donors (Lipinski definition) is 0. The van der Waals surface area contributed by atoms with Crippen molar-refractivity contribution in [1.29, 1.82) is 0 Å². The van der Waals surface area contributed by atoms with Crippen LogP contribution in [0.1, 0.15) is 60.3 Å². The van der Waals surface area contributed by atoms with Gasteiger partial charge in [-0.2, -0.15) is 0 Å². The minimum Gasteiger partial charge on any atom is -0.495 e. The number of carbonyl (C=O) groups excluding carboxylic acids is 1. The lowest BCUT2D eigenvalue weighted by Gasteiger charge is -2.26. The van der Waals surface area contributed by atoms with Gasteiger partial charge in [-0.05, 0) is 60.5 Å². The molecule has 5 rings (SSSR count). The molecule has 0 saturated heterocycles. The minimum absolute atomic E-state index is 0.0352. The van der Waals surface area contributed by atoms with Crippen LogP contribution < -0.4 is 24.5 Å². The van der Waals surface area contributed by atoms with Gasteiger partial charge in [-0.3, -0.25) is 14.5 Å². The summed E-state index contributed by atoms with van der Waals surface area (Å²) in [6.45, 7) is 2.73. The van der Waals surface area contributed by atoms with Gasteiger partial charge in [-0.15, -0.1) is 0 Å². The molecule has 40 heavy (non-hydrogen) atoms. The third-order valence-electron chi connectivity index (χ3n) is 7.00. The van der Waals surface area contributed by atoms with Gasteiger partial charge in [-0.1, -0.05) is 55.5 Å². The molecule has 3 aromatic carbocycles. The van der Waals surface area contributed by atoms with Gasteiger partial charge in [0.05, 0.1) is 42.8 Å². The molecule has 1 aliphatic rings. The largest absolute Gasteiger partial charge is 0.495 e.